The number of aromatic nitrogens is 2. The standard InChI is InChI=1S/C24H25N3O5/c1-3-31-23(28)22-20-15-26(24(29)32-16-17-7-5-4-6-8-17)14-13-21(20)27(25-22)18-9-11-19(30-2)12-10-18/h4-12H,3,13-16H2,1-2H3. The lowest BCUT2D eigenvalue weighted by Gasteiger charge is -2.27. The van der Waals surface area contributed by atoms with Gasteiger partial charge in [0.1, 0.15) is 12.4 Å². The van der Waals surface area contributed by atoms with Gasteiger partial charge in [0.05, 0.1) is 31.6 Å². The normalized spacial score (nSPS) is 12.8. The Morgan fingerprint density at radius 2 is 1.78 bits per heavy atom. The van der Waals surface area contributed by atoms with Crippen LogP contribution < -0.4 is 4.74 Å². The van der Waals surface area contributed by atoms with Crippen molar-refractivity contribution < 1.29 is 23.8 Å². The molecule has 0 N–H and O–H groups in total. The van der Waals surface area contributed by atoms with E-state index in [1.807, 2.05) is 54.6 Å². The summed E-state index contributed by atoms with van der Waals surface area (Å²) in [5.74, 6) is 0.225. The average molecular weight is 435 g/mol. The van der Waals surface area contributed by atoms with Crippen LogP contribution in [0.5, 0.6) is 5.75 Å². The molecule has 1 aliphatic heterocycles. The first kappa shape index (κ1) is 21.4. The molecule has 0 saturated heterocycles. The molecule has 0 spiro atoms. The van der Waals surface area contributed by atoms with Crippen molar-refractivity contribution in [3.05, 3.63) is 77.1 Å². The van der Waals surface area contributed by atoms with Gasteiger partial charge in [-0.1, -0.05) is 30.3 Å². The highest BCUT2D eigenvalue weighted by Gasteiger charge is 2.31. The number of methoxy groups -OCH3 is 1. The summed E-state index contributed by atoms with van der Waals surface area (Å²) < 4.78 is 17.7. The molecule has 0 atom stereocenters. The molecule has 32 heavy (non-hydrogen) atoms. The van der Waals surface area contributed by atoms with E-state index in [1.54, 1.807) is 23.6 Å². The summed E-state index contributed by atoms with van der Waals surface area (Å²) in [6, 6.07) is 16.9. The number of nitrogens with zero attached hydrogens (tertiary/aromatic N) is 3. The fraction of sp³-hybridized carbons (Fsp3) is 0.292. The molecule has 0 bridgehead atoms. The summed E-state index contributed by atoms with van der Waals surface area (Å²) in [4.78, 5) is 26.9. The molecule has 3 aromatic rings. The van der Waals surface area contributed by atoms with Gasteiger partial charge >= 0.3 is 12.1 Å². The van der Waals surface area contributed by atoms with Crippen molar-refractivity contribution in [2.75, 3.05) is 20.3 Å². The molecule has 0 aliphatic carbocycles. The van der Waals surface area contributed by atoms with Crippen LogP contribution >= 0.6 is 0 Å². The third-order valence-electron chi connectivity index (χ3n) is 5.31. The smallest absolute Gasteiger partial charge is 0.410 e. The highest BCUT2D eigenvalue weighted by molar-refractivity contribution is 5.89. The second-order valence-corrected chi connectivity index (χ2v) is 7.32. The molecular formula is C24H25N3O5. The maximum atomic E-state index is 12.7. The molecule has 1 aliphatic rings. The molecule has 2 heterocycles. The molecule has 8 heteroatoms. The summed E-state index contributed by atoms with van der Waals surface area (Å²) in [6.45, 7) is 2.88. The quantitative estimate of drug-likeness (QED) is 0.549. The Bertz CT molecular complexity index is 1090. The summed E-state index contributed by atoms with van der Waals surface area (Å²) >= 11 is 0. The summed E-state index contributed by atoms with van der Waals surface area (Å²) in [5.41, 5.74) is 3.50. The Balaban J connectivity index is 1.58. The lowest BCUT2D eigenvalue weighted by Crippen LogP contribution is -2.37. The monoisotopic (exact) mass is 435 g/mol. The van der Waals surface area contributed by atoms with Crippen LogP contribution in [-0.2, 0) is 29.0 Å². The number of hydrogen-bond acceptors (Lipinski definition) is 6. The van der Waals surface area contributed by atoms with Crippen molar-refractivity contribution in [1.82, 2.24) is 14.7 Å². The van der Waals surface area contributed by atoms with Crippen LogP contribution in [0.4, 0.5) is 4.79 Å². The summed E-state index contributed by atoms with van der Waals surface area (Å²) in [5, 5.41) is 4.55. The molecule has 1 amide bonds. The van der Waals surface area contributed by atoms with Crippen molar-refractivity contribution >= 4 is 12.1 Å². The Morgan fingerprint density at radius 1 is 1.03 bits per heavy atom. The van der Waals surface area contributed by atoms with E-state index < -0.39 is 12.1 Å². The van der Waals surface area contributed by atoms with Crippen LogP contribution in [-0.4, -0.2) is 47.0 Å². The fourth-order valence-electron chi connectivity index (χ4n) is 3.69. The second kappa shape index (κ2) is 9.55. The number of hydrogen-bond donors (Lipinski definition) is 0. The zero-order valence-corrected chi connectivity index (χ0v) is 18.1. The van der Waals surface area contributed by atoms with E-state index in [0.717, 1.165) is 22.7 Å². The number of esters is 1. The molecule has 0 unspecified atom stereocenters. The van der Waals surface area contributed by atoms with Gasteiger partial charge in [-0.25, -0.2) is 14.3 Å². The second-order valence-electron chi connectivity index (χ2n) is 7.32. The highest BCUT2D eigenvalue weighted by Crippen LogP contribution is 2.27. The van der Waals surface area contributed by atoms with E-state index in [9.17, 15) is 9.59 Å². The zero-order valence-electron chi connectivity index (χ0n) is 18.1. The first-order valence-corrected chi connectivity index (χ1v) is 10.5. The first-order chi connectivity index (χ1) is 15.6. The average Bonchev–Trinajstić information content (AvgIpc) is 3.22. The van der Waals surface area contributed by atoms with E-state index in [-0.39, 0.29) is 25.5 Å². The number of amides is 1. The van der Waals surface area contributed by atoms with Crippen LogP contribution in [0.1, 0.15) is 34.2 Å². The molecule has 0 fully saturated rings. The van der Waals surface area contributed by atoms with Gasteiger partial charge in [0.15, 0.2) is 5.69 Å². The Labute approximate surface area is 186 Å². The largest absolute Gasteiger partial charge is 0.497 e. The van der Waals surface area contributed by atoms with E-state index >= 15 is 0 Å². The number of benzene rings is 2. The summed E-state index contributed by atoms with van der Waals surface area (Å²) in [6.07, 6.45) is 0.111. The minimum atomic E-state index is -0.504. The maximum absolute atomic E-state index is 12.7. The van der Waals surface area contributed by atoms with Crippen molar-refractivity contribution in [3.63, 3.8) is 0 Å². The SMILES string of the molecule is CCOC(=O)c1nn(-c2ccc(OC)cc2)c2c1CN(C(=O)OCc1ccccc1)CC2. The minimum absolute atomic E-state index is 0.193. The molecule has 2 aromatic carbocycles. The van der Waals surface area contributed by atoms with Crippen LogP contribution in [0.25, 0.3) is 5.69 Å². The molecule has 0 saturated carbocycles. The van der Waals surface area contributed by atoms with Crippen molar-refractivity contribution in [2.45, 2.75) is 26.5 Å². The number of rotatable bonds is 6. The van der Waals surface area contributed by atoms with Gasteiger partial charge in [-0.2, -0.15) is 5.10 Å². The Hall–Kier alpha value is -3.81. The maximum Gasteiger partial charge on any atom is 0.410 e. The summed E-state index contributed by atoms with van der Waals surface area (Å²) in [7, 11) is 1.61. The topological polar surface area (TPSA) is 82.9 Å². The number of carbonyl (C=O) groups is 2. The fourth-order valence-corrected chi connectivity index (χ4v) is 3.69. The zero-order chi connectivity index (χ0) is 22.5. The lowest BCUT2D eigenvalue weighted by atomic mass is 10.1. The Kier molecular flexibility index (Phi) is 6.39. The van der Waals surface area contributed by atoms with E-state index in [1.165, 1.54) is 0 Å². The van der Waals surface area contributed by atoms with E-state index in [4.69, 9.17) is 14.2 Å². The van der Waals surface area contributed by atoms with Crippen molar-refractivity contribution in [3.8, 4) is 11.4 Å². The third-order valence-corrected chi connectivity index (χ3v) is 5.31. The van der Waals surface area contributed by atoms with Crippen LogP contribution in [0.15, 0.2) is 54.6 Å². The van der Waals surface area contributed by atoms with E-state index in [2.05, 4.69) is 5.10 Å². The minimum Gasteiger partial charge on any atom is -0.497 e. The van der Waals surface area contributed by atoms with Gasteiger partial charge in [0.25, 0.3) is 0 Å². The molecule has 4 rings (SSSR count). The van der Waals surface area contributed by atoms with Gasteiger partial charge in [-0.15, -0.1) is 0 Å². The van der Waals surface area contributed by atoms with Crippen LogP contribution in [0.3, 0.4) is 0 Å². The van der Waals surface area contributed by atoms with Crippen molar-refractivity contribution in [1.29, 1.82) is 0 Å². The lowest BCUT2D eigenvalue weighted by molar-refractivity contribution is 0.0514. The molecule has 0 radical (unpaired) electrons. The van der Waals surface area contributed by atoms with Gasteiger partial charge in [0.2, 0.25) is 0 Å². The molecule has 1 aromatic heterocycles. The van der Waals surface area contributed by atoms with Gasteiger partial charge in [-0.3, -0.25) is 0 Å². The van der Waals surface area contributed by atoms with Gasteiger partial charge < -0.3 is 19.1 Å². The number of carbonyl (C=O) groups excluding carboxylic acids is 2. The van der Waals surface area contributed by atoms with Crippen molar-refractivity contribution in [2.24, 2.45) is 0 Å². The number of fused-ring (bicyclic) bond motifs is 1. The predicted octanol–water partition coefficient (Wildman–Crippen LogP) is 3.75. The van der Waals surface area contributed by atoms with E-state index in [0.29, 0.717) is 18.5 Å². The molecule has 8 nitrogen and oxygen atoms in total. The highest BCUT2D eigenvalue weighted by atomic mass is 16.6. The van der Waals surface area contributed by atoms with Crippen LogP contribution in [0, 0.1) is 0 Å². The predicted molar refractivity (Wildman–Crippen MR) is 117 cm³/mol. The Morgan fingerprint density at radius 3 is 2.47 bits per heavy atom. The molecule has 166 valence electrons. The third kappa shape index (κ3) is 4.44. The first-order valence-electron chi connectivity index (χ1n) is 10.5. The molecular weight excluding hydrogens is 410 g/mol. The van der Waals surface area contributed by atoms with Gasteiger partial charge in [-0.05, 0) is 36.8 Å². The van der Waals surface area contributed by atoms with Crippen LogP contribution in [0.2, 0.25) is 0 Å². The number of ether oxygens (including phenoxy) is 3. The van der Waals surface area contributed by atoms with Gasteiger partial charge in [0, 0.05) is 18.5 Å².